The van der Waals surface area contributed by atoms with Crippen molar-refractivity contribution in [1.29, 1.82) is 0 Å². The summed E-state index contributed by atoms with van der Waals surface area (Å²) in [7, 11) is 0. The molecule has 0 aromatic heterocycles. The second-order valence-electron chi connectivity index (χ2n) is 5.75. The second kappa shape index (κ2) is 5.60. The van der Waals surface area contributed by atoms with Crippen molar-refractivity contribution in [2.45, 2.75) is 25.7 Å². The molecular weight excluding hydrogens is 338 g/mol. The molecule has 1 aromatic carbocycles. The average Bonchev–Trinajstić information content (AvgIpc) is 2.91. The van der Waals surface area contributed by atoms with Gasteiger partial charge in [-0.05, 0) is 42.2 Å². The highest BCUT2D eigenvalue weighted by Crippen LogP contribution is 2.43. The largest absolute Gasteiger partial charge is 0.482 e. The van der Waals surface area contributed by atoms with E-state index in [1.54, 1.807) is 0 Å². The van der Waals surface area contributed by atoms with E-state index >= 15 is 0 Å². The van der Waals surface area contributed by atoms with Gasteiger partial charge in [0.1, 0.15) is 5.75 Å². The molecule has 1 aliphatic carbocycles. The number of anilines is 1. The Labute approximate surface area is 133 Å². The molecule has 2 aliphatic rings. The molecule has 1 heterocycles. The van der Waals surface area contributed by atoms with E-state index < -0.39 is 0 Å². The number of halogens is 1. The van der Waals surface area contributed by atoms with Crippen molar-refractivity contribution in [2.24, 2.45) is 5.41 Å². The van der Waals surface area contributed by atoms with Crippen LogP contribution in [0.15, 0.2) is 22.7 Å². The Hall–Kier alpha value is -0.680. The van der Waals surface area contributed by atoms with E-state index in [0.29, 0.717) is 0 Å². The third kappa shape index (κ3) is 2.58. The maximum Gasteiger partial charge on any atom is 0.265 e. The Morgan fingerprint density at radius 3 is 2.80 bits per heavy atom. The van der Waals surface area contributed by atoms with E-state index in [1.165, 1.54) is 12.8 Å². The summed E-state index contributed by atoms with van der Waals surface area (Å²) in [4.78, 5) is 14.2. The molecule has 1 fully saturated rings. The van der Waals surface area contributed by atoms with E-state index in [4.69, 9.17) is 4.74 Å². The fraction of sp³-hybridized carbons (Fsp3) is 0.533. The normalized spacial score (nSPS) is 20.7. The van der Waals surface area contributed by atoms with Gasteiger partial charge in [0.2, 0.25) is 0 Å². The lowest BCUT2D eigenvalue weighted by molar-refractivity contribution is -0.121. The molecule has 0 N–H and O–H groups in total. The molecule has 0 radical (unpaired) electrons. The van der Waals surface area contributed by atoms with Crippen molar-refractivity contribution in [3.05, 3.63) is 22.7 Å². The van der Waals surface area contributed by atoms with Crippen molar-refractivity contribution in [3.8, 4) is 5.75 Å². The van der Waals surface area contributed by atoms with Crippen LogP contribution in [0.1, 0.15) is 25.7 Å². The summed E-state index contributed by atoms with van der Waals surface area (Å²) in [5.41, 5.74) is 1.04. The first-order chi connectivity index (χ1) is 9.63. The number of carbonyl (C=O) groups excluding carboxylic acids is 1. The van der Waals surface area contributed by atoms with Crippen molar-refractivity contribution in [3.63, 3.8) is 0 Å². The minimum absolute atomic E-state index is 0.0451. The Morgan fingerprint density at radius 2 is 2.10 bits per heavy atom. The predicted molar refractivity (Wildman–Crippen MR) is 86.7 cm³/mol. The molecule has 0 bridgehead atoms. The minimum atomic E-state index is 0.0451. The lowest BCUT2D eigenvalue weighted by atomic mass is 9.87. The van der Waals surface area contributed by atoms with Gasteiger partial charge >= 0.3 is 0 Å². The molecule has 5 heteroatoms. The maximum atomic E-state index is 12.3. The van der Waals surface area contributed by atoms with Gasteiger partial charge in [0.25, 0.3) is 5.91 Å². The van der Waals surface area contributed by atoms with Crippen molar-refractivity contribution >= 4 is 40.2 Å². The average molecular weight is 356 g/mol. The zero-order chi connectivity index (χ0) is 14.2. The van der Waals surface area contributed by atoms with Crippen LogP contribution >= 0.6 is 28.6 Å². The van der Waals surface area contributed by atoms with Gasteiger partial charge in [0, 0.05) is 11.0 Å². The van der Waals surface area contributed by atoms with Crippen LogP contribution in [-0.4, -0.2) is 24.8 Å². The molecule has 3 nitrogen and oxygen atoms in total. The van der Waals surface area contributed by atoms with Gasteiger partial charge in [-0.1, -0.05) is 28.8 Å². The number of thiol groups is 1. The van der Waals surface area contributed by atoms with E-state index in [0.717, 1.165) is 41.0 Å². The maximum absolute atomic E-state index is 12.3. The summed E-state index contributed by atoms with van der Waals surface area (Å²) >= 11 is 8.02. The molecule has 1 amide bonds. The summed E-state index contributed by atoms with van der Waals surface area (Å²) in [5.74, 6) is 1.67. The molecule has 108 valence electrons. The monoisotopic (exact) mass is 355 g/mol. The number of hydrogen-bond donors (Lipinski definition) is 1. The van der Waals surface area contributed by atoms with Crippen molar-refractivity contribution in [1.82, 2.24) is 0 Å². The van der Waals surface area contributed by atoms with Gasteiger partial charge in [-0.25, -0.2) is 0 Å². The lowest BCUT2D eigenvalue weighted by Crippen LogP contribution is -2.45. The van der Waals surface area contributed by atoms with Gasteiger partial charge in [-0.3, -0.25) is 4.79 Å². The molecule has 1 aromatic rings. The number of carbonyl (C=O) groups is 1. The Bertz CT molecular complexity index is 529. The van der Waals surface area contributed by atoms with Gasteiger partial charge in [-0.15, -0.1) is 0 Å². The topological polar surface area (TPSA) is 29.5 Å². The third-order valence-electron chi connectivity index (χ3n) is 4.36. The van der Waals surface area contributed by atoms with Gasteiger partial charge in [-0.2, -0.15) is 12.6 Å². The fourth-order valence-electron chi connectivity index (χ4n) is 3.18. The van der Waals surface area contributed by atoms with Gasteiger partial charge in [0.15, 0.2) is 6.61 Å². The molecule has 0 spiro atoms. The predicted octanol–water partition coefficient (Wildman–Crippen LogP) is 3.66. The highest BCUT2D eigenvalue weighted by Gasteiger charge is 2.38. The van der Waals surface area contributed by atoms with Crippen LogP contribution in [0.25, 0.3) is 0 Å². The zero-order valence-electron chi connectivity index (χ0n) is 11.3. The van der Waals surface area contributed by atoms with Crippen LogP contribution in [0, 0.1) is 5.41 Å². The molecular formula is C15H18BrNO2S. The third-order valence-corrected chi connectivity index (χ3v) is 5.52. The lowest BCUT2D eigenvalue weighted by Gasteiger charge is -2.37. The molecule has 1 saturated carbocycles. The summed E-state index contributed by atoms with van der Waals surface area (Å²) in [6, 6.07) is 5.82. The first-order valence-corrected chi connectivity index (χ1v) is 8.40. The summed E-state index contributed by atoms with van der Waals surface area (Å²) in [6.07, 6.45) is 4.80. The first-order valence-electron chi connectivity index (χ1n) is 6.97. The number of benzene rings is 1. The van der Waals surface area contributed by atoms with Gasteiger partial charge < -0.3 is 9.64 Å². The number of hydrogen-bond acceptors (Lipinski definition) is 3. The number of ether oxygens (including phenoxy) is 1. The second-order valence-corrected chi connectivity index (χ2v) is 6.98. The standard InChI is InChI=1S/C15H18BrNO2S/c16-11-3-4-13-12(7-11)17(14(18)8-19-13)9-15(10-20)5-1-2-6-15/h3-4,7,20H,1-2,5-6,8-10H2. The Kier molecular flexibility index (Phi) is 4.00. The molecule has 1 aliphatic heterocycles. The molecule has 0 atom stereocenters. The number of amides is 1. The van der Waals surface area contributed by atoms with Crippen LogP contribution < -0.4 is 9.64 Å². The SMILES string of the molecule is O=C1COc2ccc(Br)cc2N1CC1(CS)CCCC1. The van der Waals surface area contributed by atoms with Crippen LogP contribution in [0.3, 0.4) is 0 Å². The van der Waals surface area contributed by atoms with Crippen molar-refractivity contribution < 1.29 is 9.53 Å². The molecule has 0 unspecified atom stereocenters. The van der Waals surface area contributed by atoms with Crippen molar-refractivity contribution in [2.75, 3.05) is 23.8 Å². The Balaban J connectivity index is 1.92. The first kappa shape index (κ1) is 14.3. The van der Waals surface area contributed by atoms with E-state index in [9.17, 15) is 4.79 Å². The van der Waals surface area contributed by atoms with Crippen LogP contribution in [-0.2, 0) is 4.79 Å². The highest BCUT2D eigenvalue weighted by atomic mass is 79.9. The van der Waals surface area contributed by atoms with E-state index in [-0.39, 0.29) is 17.9 Å². The highest BCUT2D eigenvalue weighted by molar-refractivity contribution is 9.10. The Morgan fingerprint density at radius 1 is 1.35 bits per heavy atom. The number of fused-ring (bicyclic) bond motifs is 1. The van der Waals surface area contributed by atoms with Crippen LogP contribution in [0.4, 0.5) is 5.69 Å². The van der Waals surface area contributed by atoms with E-state index in [2.05, 4.69) is 28.6 Å². The number of rotatable bonds is 3. The minimum Gasteiger partial charge on any atom is -0.482 e. The zero-order valence-corrected chi connectivity index (χ0v) is 13.8. The van der Waals surface area contributed by atoms with Crippen LogP contribution in [0.5, 0.6) is 5.75 Å². The van der Waals surface area contributed by atoms with E-state index in [1.807, 2.05) is 23.1 Å². The summed E-state index contributed by atoms with van der Waals surface area (Å²) < 4.78 is 6.48. The molecule has 3 rings (SSSR count). The molecule has 0 saturated heterocycles. The smallest absolute Gasteiger partial charge is 0.265 e. The van der Waals surface area contributed by atoms with Crippen LogP contribution in [0.2, 0.25) is 0 Å². The quantitative estimate of drug-likeness (QED) is 0.838. The fourth-order valence-corrected chi connectivity index (χ4v) is 3.94. The number of nitrogens with zero attached hydrogens (tertiary/aromatic N) is 1. The summed E-state index contributed by atoms with van der Waals surface area (Å²) in [6.45, 7) is 0.888. The summed E-state index contributed by atoms with van der Waals surface area (Å²) in [5, 5.41) is 0. The molecule has 20 heavy (non-hydrogen) atoms. The van der Waals surface area contributed by atoms with Gasteiger partial charge in [0.05, 0.1) is 5.69 Å².